The van der Waals surface area contributed by atoms with Gasteiger partial charge in [-0.25, -0.2) is 8.42 Å². The first-order valence-corrected chi connectivity index (χ1v) is 9.32. The van der Waals surface area contributed by atoms with Gasteiger partial charge in [0.1, 0.15) is 9.84 Å². The van der Waals surface area contributed by atoms with E-state index in [0.29, 0.717) is 38.7 Å². The highest BCUT2D eigenvalue weighted by molar-refractivity contribution is 14.0. The molecule has 0 radical (unpaired) electrons. The van der Waals surface area contributed by atoms with Gasteiger partial charge in [-0.3, -0.25) is 14.7 Å². The van der Waals surface area contributed by atoms with E-state index >= 15 is 0 Å². The van der Waals surface area contributed by atoms with E-state index in [9.17, 15) is 13.2 Å². The van der Waals surface area contributed by atoms with Crippen LogP contribution in [0.25, 0.3) is 0 Å². The van der Waals surface area contributed by atoms with Gasteiger partial charge in [0, 0.05) is 46.0 Å². The minimum absolute atomic E-state index is 0. The molecule has 0 saturated carbocycles. The summed E-state index contributed by atoms with van der Waals surface area (Å²) < 4.78 is 22.3. The van der Waals surface area contributed by atoms with Gasteiger partial charge in [-0.2, -0.15) is 0 Å². The molecule has 1 amide bonds. The Kier molecular flexibility index (Phi) is 8.77. The Labute approximate surface area is 155 Å². The number of carbonyl (C=O) groups excluding carboxylic acids is 1. The molecular formula is C13H28IN5O3S. The van der Waals surface area contributed by atoms with Gasteiger partial charge < -0.3 is 16.0 Å². The molecule has 0 atom stereocenters. The Hall–Kier alpha value is -0.620. The number of piperazine rings is 1. The Balaban J connectivity index is 0.00000484. The highest BCUT2D eigenvalue weighted by Crippen LogP contribution is 2.16. The van der Waals surface area contributed by atoms with Gasteiger partial charge in [0.2, 0.25) is 5.91 Å². The number of hydrogen-bond acceptors (Lipinski definition) is 5. The number of carbonyl (C=O) groups is 1. The SMILES string of the molecule is CN=C(NCCS(C)(=O)=O)N1CCN(C(C)(C)C(N)=O)CC1.I. The smallest absolute Gasteiger partial charge is 0.237 e. The number of primary amides is 1. The maximum Gasteiger partial charge on any atom is 0.237 e. The van der Waals surface area contributed by atoms with E-state index in [1.807, 2.05) is 13.8 Å². The van der Waals surface area contributed by atoms with Crippen LogP contribution in [-0.2, 0) is 14.6 Å². The first-order chi connectivity index (χ1) is 10.1. The Morgan fingerprint density at radius 1 is 1.26 bits per heavy atom. The summed E-state index contributed by atoms with van der Waals surface area (Å²) >= 11 is 0. The van der Waals surface area contributed by atoms with E-state index in [1.54, 1.807) is 7.05 Å². The molecule has 23 heavy (non-hydrogen) atoms. The summed E-state index contributed by atoms with van der Waals surface area (Å²) in [6, 6.07) is 0. The zero-order valence-electron chi connectivity index (χ0n) is 14.2. The Morgan fingerprint density at radius 2 is 1.78 bits per heavy atom. The van der Waals surface area contributed by atoms with Crippen LogP contribution < -0.4 is 11.1 Å². The fourth-order valence-corrected chi connectivity index (χ4v) is 2.79. The van der Waals surface area contributed by atoms with Crippen LogP contribution in [0.4, 0.5) is 0 Å². The van der Waals surface area contributed by atoms with Crippen LogP contribution in [0.5, 0.6) is 0 Å². The summed E-state index contributed by atoms with van der Waals surface area (Å²) in [5.41, 5.74) is 4.77. The van der Waals surface area contributed by atoms with Gasteiger partial charge in [0.05, 0.1) is 11.3 Å². The lowest BCUT2D eigenvalue weighted by Crippen LogP contribution is -2.61. The van der Waals surface area contributed by atoms with E-state index in [1.165, 1.54) is 6.26 Å². The van der Waals surface area contributed by atoms with Crippen molar-refractivity contribution in [2.24, 2.45) is 10.7 Å². The second kappa shape index (κ2) is 9.02. The molecule has 1 heterocycles. The summed E-state index contributed by atoms with van der Waals surface area (Å²) in [4.78, 5) is 19.8. The van der Waals surface area contributed by atoms with E-state index in [4.69, 9.17) is 5.73 Å². The molecule has 0 unspecified atom stereocenters. The van der Waals surface area contributed by atoms with Gasteiger partial charge in [0.15, 0.2) is 5.96 Å². The molecule has 0 bridgehead atoms. The Bertz CT molecular complexity index is 528. The van der Waals surface area contributed by atoms with E-state index in [2.05, 4.69) is 20.1 Å². The van der Waals surface area contributed by atoms with Gasteiger partial charge in [-0.1, -0.05) is 0 Å². The number of halogens is 1. The summed E-state index contributed by atoms with van der Waals surface area (Å²) in [5.74, 6) is 0.414. The number of nitrogens with zero attached hydrogens (tertiary/aromatic N) is 3. The zero-order valence-corrected chi connectivity index (χ0v) is 17.3. The minimum Gasteiger partial charge on any atom is -0.368 e. The van der Waals surface area contributed by atoms with Gasteiger partial charge in [0.25, 0.3) is 0 Å². The number of sulfone groups is 1. The number of nitrogens with two attached hydrogens (primary N) is 1. The third kappa shape index (κ3) is 6.79. The summed E-state index contributed by atoms with van der Waals surface area (Å²) in [6.45, 7) is 6.78. The highest BCUT2D eigenvalue weighted by atomic mass is 127. The molecule has 136 valence electrons. The average molecular weight is 461 g/mol. The first kappa shape index (κ1) is 22.4. The maximum absolute atomic E-state index is 11.5. The third-order valence-corrected chi connectivity index (χ3v) is 4.89. The van der Waals surface area contributed by atoms with Crippen LogP contribution in [-0.4, -0.2) is 87.4 Å². The molecule has 1 fully saturated rings. The number of nitrogens with one attached hydrogen (secondary N) is 1. The zero-order chi connectivity index (χ0) is 17.0. The van der Waals surface area contributed by atoms with Gasteiger partial charge in [-0.05, 0) is 13.8 Å². The monoisotopic (exact) mass is 461 g/mol. The molecule has 1 saturated heterocycles. The van der Waals surface area contributed by atoms with Crippen molar-refractivity contribution in [1.82, 2.24) is 15.1 Å². The normalized spacial score (nSPS) is 17.6. The summed E-state index contributed by atoms with van der Waals surface area (Å²) in [6.07, 6.45) is 1.21. The van der Waals surface area contributed by atoms with Crippen LogP contribution in [0.3, 0.4) is 0 Å². The van der Waals surface area contributed by atoms with Crippen LogP contribution in [0, 0.1) is 0 Å². The third-order valence-electron chi connectivity index (χ3n) is 3.94. The molecule has 0 spiro atoms. The molecule has 0 aromatic rings. The van der Waals surface area contributed by atoms with E-state index in [-0.39, 0.29) is 35.6 Å². The lowest BCUT2D eigenvalue weighted by molar-refractivity contribution is -0.129. The maximum atomic E-state index is 11.5. The average Bonchev–Trinajstić information content (AvgIpc) is 2.42. The molecule has 1 aliphatic heterocycles. The minimum atomic E-state index is -2.99. The molecular weight excluding hydrogens is 433 g/mol. The van der Waals surface area contributed by atoms with Crippen LogP contribution in [0.2, 0.25) is 0 Å². The quantitative estimate of drug-likeness (QED) is 0.313. The topological polar surface area (TPSA) is 108 Å². The molecule has 1 rings (SSSR count). The fraction of sp³-hybridized carbons (Fsp3) is 0.846. The lowest BCUT2D eigenvalue weighted by Gasteiger charge is -2.43. The van der Waals surface area contributed by atoms with Crippen molar-refractivity contribution in [3.05, 3.63) is 0 Å². The van der Waals surface area contributed by atoms with E-state index in [0.717, 1.165) is 0 Å². The molecule has 0 aromatic carbocycles. The van der Waals surface area contributed by atoms with E-state index < -0.39 is 15.4 Å². The van der Waals surface area contributed by atoms with Crippen LogP contribution >= 0.6 is 24.0 Å². The molecule has 10 heteroatoms. The van der Waals surface area contributed by atoms with Crippen molar-refractivity contribution >= 4 is 45.7 Å². The lowest BCUT2D eigenvalue weighted by atomic mass is 10.0. The second-order valence-corrected chi connectivity index (χ2v) is 8.26. The number of rotatable bonds is 5. The predicted molar refractivity (Wildman–Crippen MR) is 103 cm³/mol. The summed E-state index contributed by atoms with van der Waals surface area (Å²) in [7, 11) is -1.32. The van der Waals surface area contributed by atoms with Crippen molar-refractivity contribution in [2.75, 3.05) is 51.8 Å². The van der Waals surface area contributed by atoms with Gasteiger partial charge in [-0.15, -0.1) is 24.0 Å². The van der Waals surface area contributed by atoms with Crippen LogP contribution in [0.15, 0.2) is 4.99 Å². The number of amides is 1. The number of hydrogen-bond donors (Lipinski definition) is 2. The standard InChI is InChI=1S/C13H27N5O3S.HI/c1-13(2,11(14)19)18-8-6-17(7-9-18)12(15-3)16-5-10-22(4,20)21;/h5-10H2,1-4H3,(H2,14,19)(H,15,16);1H. The second-order valence-electron chi connectivity index (χ2n) is 6.00. The fourth-order valence-electron chi connectivity index (χ4n) is 2.31. The Morgan fingerprint density at radius 3 is 2.17 bits per heavy atom. The molecule has 0 aliphatic carbocycles. The molecule has 0 aromatic heterocycles. The predicted octanol–water partition coefficient (Wildman–Crippen LogP) is -0.894. The van der Waals surface area contributed by atoms with Crippen molar-refractivity contribution in [3.8, 4) is 0 Å². The van der Waals surface area contributed by atoms with Crippen molar-refractivity contribution < 1.29 is 13.2 Å². The number of guanidine groups is 1. The van der Waals surface area contributed by atoms with Crippen molar-refractivity contribution in [1.29, 1.82) is 0 Å². The molecule has 1 aliphatic rings. The number of aliphatic imine (C=N–C) groups is 1. The summed E-state index contributed by atoms with van der Waals surface area (Å²) in [5, 5.41) is 3.06. The van der Waals surface area contributed by atoms with Gasteiger partial charge >= 0.3 is 0 Å². The molecule has 3 N–H and O–H groups in total. The van der Waals surface area contributed by atoms with Crippen molar-refractivity contribution in [3.63, 3.8) is 0 Å². The molecule has 8 nitrogen and oxygen atoms in total. The first-order valence-electron chi connectivity index (χ1n) is 7.26. The largest absolute Gasteiger partial charge is 0.368 e. The van der Waals surface area contributed by atoms with Crippen LogP contribution in [0.1, 0.15) is 13.8 Å². The van der Waals surface area contributed by atoms with Crippen molar-refractivity contribution in [2.45, 2.75) is 19.4 Å². The highest BCUT2D eigenvalue weighted by Gasteiger charge is 2.35.